The largest absolute Gasteiger partial charge is 0.493 e. The van der Waals surface area contributed by atoms with Crippen LogP contribution in [0.15, 0.2) is 42.5 Å². The average molecular weight is 326 g/mol. The lowest BCUT2D eigenvalue weighted by molar-refractivity contribution is -0.116. The molecule has 2 rings (SSSR count). The quantitative estimate of drug-likeness (QED) is 0.857. The van der Waals surface area contributed by atoms with E-state index in [4.69, 9.17) is 4.74 Å². The molecular weight excluding hydrogens is 304 g/mol. The van der Waals surface area contributed by atoms with Crippen molar-refractivity contribution in [3.05, 3.63) is 59.2 Å². The molecule has 126 valence electrons. The Kier molecular flexibility index (Phi) is 5.95. The van der Waals surface area contributed by atoms with Crippen molar-refractivity contribution in [1.29, 1.82) is 0 Å². The minimum atomic E-state index is -0.158. The number of benzene rings is 2. The van der Waals surface area contributed by atoms with Crippen molar-refractivity contribution in [2.75, 3.05) is 19.0 Å². The summed E-state index contributed by atoms with van der Waals surface area (Å²) < 4.78 is 5.68. The fraction of sp³-hybridized carbons (Fsp3) is 0.263. The second-order valence-electron chi connectivity index (χ2n) is 5.57. The maximum absolute atomic E-state index is 12.0. The third-order valence-corrected chi connectivity index (χ3v) is 3.59. The monoisotopic (exact) mass is 326 g/mol. The molecule has 0 spiro atoms. The van der Waals surface area contributed by atoms with Crippen molar-refractivity contribution < 1.29 is 14.3 Å². The highest BCUT2D eigenvalue weighted by atomic mass is 16.5. The molecule has 2 amide bonds. The fourth-order valence-electron chi connectivity index (χ4n) is 2.19. The van der Waals surface area contributed by atoms with Crippen LogP contribution in [0.4, 0.5) is 5.69 Å². The Hall–Kier alpha value is -2.82. The first kappa shape index (κ1) is 17.5. The summed E-state index contributed by atoms with van der Waals surface area (Å²) in [5, 5.41) is 5.34. The summed E-state index contributed by atoms with van der Waals surface area (Å²) in [7, 11) is 1.58. The number of amides is 2. The van der Waals surface area contributed by atoms with Crippen LogP contribution in [-0.2, 0) is 4.79 Å². The highest BCUT2D eigenvalue weighted by molar-refractivity contribution is 5.95. The summed E-state index contributed by atoms with van der Waals surface area (Å²) in [6.07, 6.45) is 0.255. The Morgan fingerprint density at radius 1 is 1.04 bits per heavy atom. The Labute approximate surface area is 142 Å². The molecule has 0 heterocycles. The van der Waals surface area contributed by atoms with Gasteiger partial charge in [-0.15, -0.1) is 0 Å². The van der Waals surface area contributed by atoms with Crippen molar-refractivity contribution in [2.24, 2.45) is 0 Å². The van der Waals surface area contributed by atoms with Crippen LogP contribution < -0.4 is 15.4 Å². The highest BCUT2D eigenvalue weighted by Gasteiger charge is 2.06. The van der Waals surface area contributed by atoms with Crippen LogP contribution in [0, 0.1) is 13.8 Å². The Balaban J connectivity index is 1.83. The lowest BCUT2D eigenvalue weighted by Gasteiger charge is -2.10. The second kappa shape index (κ2) is 8.15. The maximum atomic E-state index is 12.0. The molecule has 2 N–H and O–H groups in total. The standard InChI is InChI=1S/C19H22N2O3/c1-13-4-5-14(2)17(12-13)24-11-10-18(22)21-16-8-6-15(7-9-16)19(23)20-3/h4-9,12H,10-11H2,1-3H3,(H,20,23)(H,21,22). The number of hydrogen-bond acceptors (Lipinski definition) is 3. The van der Waals surface area contributed by atoms with Crippen LogP contribution in [0.25, 0.3) is 0 Å². The van der Waals surface area contributed by atoms with Gasteiger partial charge in [0, 0.05) is 18.3 Å². The zero-order valence-electron chi connectivity index (χ0n) is 14.2. The third kappa shape index (κ3) is 4.84. The van der Waals surface area contributed by atoms with Gasteiger partial charge in [0.1, 0.15) is 5.75 Å². The molecule has 0 radical (unpaired) electrons. The van der Waals surface area contributed by atoms with Crippen molar-refractivity contribution in [3.63, 3.8) is 0 Å². The molecule has 0 bridgehead atoms. The van der Waals surface area contributed by atoms with Crippen LogP contribution in [0.1, 0.15) is 27.9 Å². The SMILES string of the molecule is CNC(=O)c1ccc(NC(=O)CCOc2cc(C)ccc2C)cc1. The minimum Gasteiger partial charge on any atom is -0.493 e. The summed E-state index contributed by atoms with van der Waals surface area (Å²) in [6.45, 7) is 4.29. The molecule has 0 unspecified atom stereocenters. The van der Waals surface area contributed by atoms with E-state index in [1.807, 2.05) is 32.0 Å². The van der Waals surface area contributed by atoms with Crippen LogP contribution in [0.3, 0.4) is 0 Å². The van der Waals surface area contributed by atoms with Gasteiger partial charge >= 0.3 is 0 Å². The van der Waals surface area contributed by atoms with Gasteiger partial charge in [-0.3, -0.25) is 9.59 Å². The van der Waals surface area contributed by atoms with E-state index in [-0.39, 0.29) is 18.2 Å². The van der Waals surface area contributed by atoms with Crippen LogP contribution in [0.2, 0.25) is 0 Å². The lowest BCUT2D eigenvalue weighted by Crippen LogP contribution is -2.18. The van der Waals surface area contributed by atoms with E-state index < -0.39 is 0 Å². The Morgan fingerprint density at radius 2 is 1.75 bits per heavy atom. The van der Waals surface area contributed by atoms with Crippen molar-refractivity contribution in [1.82, 2.24) is 5.32 Å². The summed E-state index contributed by atoms with van der Waals surface area (Å²) in [5.74, 6) is 0.514. The summed E-state index contributed by atoms with van der Waals surface area (Å²) >= 11 is 0. The van der Waals surface area contributed by atoms with Gasteiger partial charge in [-0.2, -0.15) is 0 Å². The average Bonchev–Trinajstić information content (AvgIpc) is 2.58. The second-order valence-corrected chi connectivity index (χ2v) is 5.57. The molecule has 0 aliphatic rings. The molecule has 0 aromatic heterocycles. The Morgan fingerprint density at radius 3 is 2.42 bits per heavy atom. The molecule has 0 fully saturated rings. The van der Waals surface area contributed by atoms with Gasteiger partial charge in [0.25, 0.3) is 5.91 Å². The predicted octanol–water partition coefficient (Wildman–Crippen LogP) is 3.07. The van der Waals surface area contributed by atoms with Gasteiger partial charge < -0.3 is 15.4 Å². The summed E-state index contributed by atoms with van der Waals surface area (Å²) in [5.41, 5.74) is 3.37. The predicted molar refractivity (Wildman–Crippen MR) is 94.5 cm³/mol. The van der Waals surface area contributed by atoms with Gasteiger partial charge in [-0.05, 0) is 55.3 Å². The molecule has 5 heteroatoms. The van der Waals surface area contributed by atoms with Gasteiger partial charge in [0.05, 0.1) is 13.0 Å². The number of hydrogen-bond donors (Lipinski definition) is 2. The maximum Gasteiger partial charge on any atom is 0.251 e. The zero-order valence-corrected chi connectivity index (χ0v) is 14.2. The zero-order chi connectivity index (χ0) is 17.5. The van der Waals surface area contributed by atoms with Gasteiger partial charge in [0.15, 0.2) is 0 Å². The van der Waals surface area contributed by atoms with E-state index in [2.05, 4.69) is 10.6 Å². The highest BCUT2D eigenvalue weighted by Crippen LogP contribution is 2.19. The first-order chi connectivity index (χ1) is 11.5. The topological polar surface area (TPSA) is 67.4 Å². The molecule has 5 nitrogen and oxygen atoms in total. The van der Waals surface area contributed by atoms with Gasteiger partial charge in [0.2, 0.25) is 5.91 Å². The molecule has 24 heavy (non-hydrogen) atoms. The molecule has 0 saturated carbocycles. The van der Waals surface area contributed by atoms with E-state index in [1.54, 1.807) is 31.3 Å². The lowest BCUT2D eigenvalue weighted by atomic mass is 10.1. The van der Waals surface area contributed by atoms with Gasteiger partial charge in [-0.25, -0.2) is 0 Å². The van der Waals surface area contributed by atoms with Gasteiger partial charge in [-0.1, -0.05) is 12.1 Å². The third-order valence-electron chi connectivity index (χ3n) is 3.59. The van der Waals surface area contributed by atoms with E-state index in [0.29, 0.717) is 17.9 Å². The smallest absolute Gasteiger partial charge is 0.251 e. The molecule has 0 atom stereocenters. The summed E-state index contributed by atoms with van der Waals surface area (Å²) in [4.78, 5) is 23.4. The number of aryl methyl sites for hydroxylation is 2. The summed E-state index contributed by atoms with van der Waals surface area (Å²) in [6, 6.07) is 12.7. The first-order valence-corrected chi connectivity index (χ1v) is 7.81. The van der Waals surface area contributed by atoms with E-state index in [1.165, 1.54) is 0 Å². The molecular formula is C19H22N2O3. The Bertz CT molecular complexity index is 724. The van der Waals surface area contributed by atoms with Crippen LogP contribution >= 0.6 is 0 Å². The molecule has 2 aromatic carbocycles. The number of nitrogens with one attached hydrogen (secondary N) is 2. The van der Waals surface area contributed by atoms with Crippen LogP contribution in [0.5, 0.6) is 5.75 Å². The normalized spacial score (nSPS) is 10.1. The van der Waals surface area contributed by atoms with E-state index in [9.17, 15) is 9.59 Å². The molecule has 0 aliphatic carbocycles. The number of carbonyl (C=O) groups excluding carboxylic acids is 2. The number of anilines is 1. The molecule has 0 aliphatic heterocycles. The number of rotatable bonds is 6. The fourth-order valence-corrected chi connectivity index (χ4v) is 2.19. The molecule has 2 aromatic rings. The van der Waals surface area contributed by atoms with E-state index in [0.717, 1.165) is 16.9 Å². The molecule has 0 saturated heterocycles. The van der Waals surface area contributed by atoms with Crippen LogP contribution in [-0.4, -0.2) is 25.5 Å². The first-order valence-electron chi connectivity index (χ1n) is 7.81. The van der Waals surface area contributed by atoms with Crippen molar-refractivity contribution in [3.8, 4) is 5.75 Å². The minimum absolute atomic E-state index is 0.131. The van der Waals surface area contributed by atoms with Crippen molar-refractivity contribution >= 4 is 17.5 Å². The van der Waals surface area contributed by atoms with E-state index >= 15 is 0 Å². The van der Waals surface area contributed by atoms with Crippen molar-refractivity contribution in [2.45, 2.75) is 20.3 Å². The number of ether oxygens (including phenoxy) is 1. The number of carbonyl (C=O) groups is 2.